The van der Waals surface area contributed by atoms with Gasteiger partial charge in [0.15, 0.2) is 0 Å². The number of hydrazone groups is 2. The molecule has 8 heteroatoms. The Morgan fingerprint density at radius 1 is 0.765 bits per heavy atom. The lowest BCUT2D eigenvalue weighted by Crippen LogP contribution is -2.19. The van der Waals surface area contributed by atoms with Gasteiger partial charge in [0.1, 0.15) is 24.7 Å². The van der Waals surface area contributed by atoms with E-state index in [1.807, 2.05) is 24.3 Å². The van der Waals surface area contributed by atoms with Crippen molar-refractivity contribution in [3.05, 3.63) is 59.7 Å². The molecule has 0 aliphatic rings. The molecule has 0 aliphatic heterocycles. The van der Waals surface area contributed by atoms with E-state index in [0.717, 1.165) is 0 Å². The lowest BCUT2D eigenvalue weighted by atomic mass is 10.2. The quantitative estimate of drug-likeness (QED) is 0.209. The summed E-state index contributed by atoms with van der Waals surface area (Å²) in [6.45, 7) is 0.286. The molecule has 2 aromatic rings. The highest BCUT2D eigenvalue weighted by molar-refractivity contribution is 5.86. The molecule has 0 radical (unpaired) electrons. The van der Waals surface area contributed by atoms with Gasteiger partial charge in [-0.1, -0.05) is 36.1 Å². The maximum absolute atomic E-state index is 11.9. The van der Waals surface area contributed by atoms with Gasteiger partial charge in [-0.15, -0.1) is 12.8 Å². The van der Waals surface area contributed by atoms with Gasteiger partial charge in [-0.3, -0.25) is 9.59 Å². The number of nitrogens with zero attached hydrogens (tertiary/aromatic N) is 2. The van der Waals surface area contributed by atoms with Crippen molar-refractivity contribution in [3.63, 3.8) is 0 Å². The van der Waals surface area contributed by atoms with Crippen molar-refractivity contribution in [2.24, 2.45) is 10.2 Å². The standard InChI is InChI=1S/C26H26N4O4/c1-3-17-33-23-13-7-5-11-21(23)19-27-29-25(31)15-9-10-16-26(32)30-28-20-22-12-6-8-14-24(22)34-18-4-2/h1-2,5-8,11-14,19-20H,9-10,15-18H2,(H,29,31)(H,30,32)/b27-19+,28-20+. The Labute approximate surface area is 199 Å². The molecule has 2 N–H and O–H groups in total. The molecule has 0 aliphatic carbocycles. The van der Waals surface area contributed by atoms with Crippen molar-refractivity contribution >= 4 is 24.2 Å². The van der Waals surface area contributed by atoms with Gasteiger partial charge in [0.25, 0.3) is 0 Å². The molecule has 0 saturated carbocycles. The first-order valence-corrected chi connectivity index (χ1v) is 10.6. The first-order valence-electron chi connectivity index (χ1n) is 10.6. The van der Waals surface area contributed by atoms with Crippen molar-refractivity contribution in [1.82, 2.24) is 10.9 Å². The molecule has 174 valence electrons. The third-order valence-electron chi connectivity index (χ3n) is 4.30. The van der Waals surface area contributed by atoms with Crippen LogP contribution in [0.3, 0.4) is 0 Å². The molecule has 34 heavy (non-hydrogen) atoms. The van der Waals surface area contributed by atoms with Crippen LogP contribution in [0, 0.1) is 24.7 Å². The normalized spacial score (nSPS) is 10.4. The highest BCUT2D eigenvalue weighted by atomic mass is 16.5. The average Bonchev–Trinajstić information content (AvgIpc) is 2.85. The Hall–Kier alpha value is -4.56. The zero-order valence-corrected chi connectivity index (χ0v) is 18.7. The van der Waals surface area contributed by atoms with E-state index in [1.165, 1.54) is 12.4 Å². The number of terminal acetylenes is 2. The van der Waals surface area contributed by atoms with E-state index in [0.29, 0.717) is 35.5 Å². The molecule has 0 aromatic heterocycles. The lowest BCUT2D eigenvalue weighted by molar-refractivity contribution is -0.123. The summed E-state index contributed by atoms with van der Waals surface area (Å²) in [6.07, 6.45) is 14.9. The van der Waals surface area contributed by atoms with Gasteiger partial charge < -0.3 is 9.47 Å². The molecule has 2 amide bonds. The van der Waals surface area contributed by atoms with Gasteiger partial charge in [-0.05, 0) is 37.1 Å². The molecule has 0 unspecified atom stereocenters. The molecule has 0 atom stereocenters. The Kier molecular flexibility index (Phi) is 11.5. The van der Waals surface area contributed by atoms with Gasteiger partial charge in [0.05, 0.1) is 12.4 Å². The summed E-state index contributed by atoms with van der Waals surface area (Å²) in [4.78, 5) is 23.9. The van der Waals surface area contributed by atoms with Crippen molar-refractivity contribution in [3.8, 4) is 36.2 Å². The largest absolute Gasteiger partial charge is 0.480 e. The second kappa shape index (κ2) is 15.3. The monoisotopic (exact) mass is 458 g/mol. The van der Waals surface area contributed by atoms with Crippen molar-refractivity contribution in [2.75, 3.05) is 13.2 Å². The van der Waals surface area contributed by atoms with E-state index in [1.54, 1.807) is 24.3 Å². The molecular formula is C26H26N4O4. The van der Waals surface area contributed by atoms with E-state index in [-0.39, 0.29) is 37.9 Å². The summed E-state index contributed by atoms with van der Waals surface area (Å²) in [7, 11) is 0. The van der Waals surface area contributed by atoms with Gasteiger partial charge in [0.2, 0.25) is 11.8 Å². The number of benzene rings is 2. The second-order valence-electron chi connectivity index (χ2n) is 6.85. The number of rotatable bonds is 13. The molecule has 0 heterocycles. The Morgan fingerprint density at radius 2 is 1.18 bits per heavy atom. The molecule has 0 bridgehead atoms. The fraction of sp³-hybridized carbons (Fsp3) is 0.231. The predicted molar refractivity (Wildman–Crippen MR) is 131 cm³/mol. The minimum atomic E-state index is -0.250. The van der Waals surface area contributed by atoms with E-state index < -0.39 is 0 Å². The number of para-hydroxylation sites is 2. The van der Waals surface area contributed by atoms with Crippen molar-refractivity contribution < 1.29 is 19.1 Å². The van der Waals surface area contributed by atoms with Gasteiger partial charge >= 0.3 is 0 Å². The summed E-state index contributed by atoms with van der Waals surface area (Å²) in [6, 6.07) is 14.4. The molecule has 0 fully saturated rings. The first kappa shape index (κ1) is 25.7. The van der Waals surface area contributed by atoms with Crippen LogP contribution in [0.15, 0.2) is 58.7 Å². The highest BCUT2D eigenvalue weighted by Crippen LogP contribution is 2.16. The SMILES string of the molecule is C#CCOc1ccccc1/C=N/NC(=O)CCCCC(=O)N/N=C/c1ccccc1OCC#C. The summed E-state index contributed by atoms with van der Waals surface area (Å²) in [5.74, 6) is 5.46. The van der Waals surface area contributed by atoms with Gasteiger partial charge in [0, 0.05) is 24.0 Å². The molecular weight excluding hydrogens is 432 g/mol. The second-order valence-corrected chi connectivity index (χ2v) is 6.85. The third kappa shape index (κ3) is 9.71. The lowest BCUT2D eigenvalue weighted by Gasteiger charge is -2.06. The van der Waals surface area contributed by atoms with Crippen LogP contribution in [-0.4, -0.2) is 37.5 Å². The fourth-order valence-corrected chi connectivity index (χ4v) is 2.71. The topological polar surface area (TPSA) is 101 Å². The third-order valence-corrected chi connectivity index (χ3v) is 4.30. The summed E-state index contributed by atoms with van der Waals surface area (Å²) >= 11 is 0. The number of hydrogen-bond acceptors (Lipinski definition) is 6. The van der Waals surface area contributed by atoms with Crippen LogP contribution in [0.2, 0.25) is 0 Å². The number of hydrogen-bond donors (Lipinski definition) is 2. The Balaban J connectivity index is 1.66. The number of amides is 2. The van der Waals surface area contributed by atoms with Crippen LogP contribution in [-0.2, 0) is 9.59 Å². The number of ether oxygens (including phenoxy) is 2. The van der Waals surface area contributed by atoms with Crippen molar-refractivity contribution in [2.45, 2.75) is 25.7 Å². The smallest absolute Gasteiger partial charge is 0.240 e. The summed E-state index contributed by atoms with van der Waals surface area (Å²) in [5, 5.41) is 7.89. The predicted octanol–water partition coefficient (Wildman–Crippen LogP) is 2.87. The molecule has 2 aromatic carbocycles. The minimum Gasteiger partial charge on any atom is -0.480 e. The average molecular weight is 459 g/mol. The zero-order valence-electron chi connectivity index (χ0n) is 18.7. The summed E-state index contributed by atoms with van der Waals surface area (Å²) < 4.78 is 10.8. The number of unbranched alkanes of at least 4 members (excludes halogenated alkanes) is 1. The van der Waals surface area contributed by atoms with Crippen LogP contribution in [0.4, 0.5) is 0 Å². The highest BCUT2D eigenvalue weighted by Gasteiger charge is 2.04. The van der Waals surface area contributed by atoms with E-state index >= 15 is 0 Å². The van der Waals surface area contributed by atoms with Crippen molar-refractivity contribution in [1.29, 1.82) is 0 Å². The molecule has 8 nitrogen and oxygen atoms in total. The van der Waals surface area contributed by atoms with Crippen LogP contribution in [0.5, 0.6) is 11.5 Å². The van der Waals surface area contributed by atoms with Crippen LogP contribution in [0.25, 0.3) is 0 Å². The fourth-order valence-electron chi connectivity index (χ4n) is 2.71. The van der Waals surface area contributed by atoms with Gasteiger partial charge in [-0.2, -0.15) is 10.2 Å². The van der Waals surface area contributed by atoms with Crippen LogP contribution in [0.1, 0.15) is 36.8 Å². The minimum absolute atomic E-state index is 0.143. The van der Waals surface area contributed by atoms with Gasteiger partial charge in [-0.25, -0.2) is 10.9 Å². The van der Waals surface area contributed by atoms with Crippen LogP contribution < -0.4 is 20.3 Å². The molecule has 2 rings (SSSR count). The van der Waals surface area contributed by atoms with Crippen LogP contribution >= 0.6 is 0 Å². The van der Waals surface area contributed by atoms with E-state index in [2.05, 4.69) is 32.9 Å². The number of carbonyl (C=O) groups excluding carboxylic acids is 2. The first-order chi connectivity index (χ1) is 16.6. The number of carbonyl (C=O) groups is 2. The Morgan fingerprint density at radius 3 is 1.59 bits per heavy atom. The maximum atomic E-state index is 11.9. The number of nitrogens with one attached hydrogen (secondary N) is 2. The van der Waals surface area contributed by atoms with E-state index in [4.69, 9.17) is 22.3 Å². The summed E-state index contributed by atoms with van der Waals surface area (Å²) in [5.41, 5.74) is 6.31. The molecule has 0 saturated heterocycles. The maximum Gasteiger partial charge on any atom is 0.240 e. The zero-order chi connectivity index (χ0) is 24.4. The molecule has 0 spiro atoms. The van der Waals surface area contributed by atoms with E-state index in [9.17, 15) is 9.59 Å². The Bertz CT molecular complexity index is 1010.